The van der Waals surface area contributed by atoms with Crippen molar-refractivity contribution in [2.24, 2.45) is 0 Å². The highest BCUT2D eigenvalue weighted by Gasteiger charge is 2.15. The molecule has 1 N–H and O–H groups in total. The summed E-state index contributed by atoms with van der Waals surface area (Å²) in [6.07, 6.45) is 1.16. The van der Waals surface area contributed by atoms with Gasteiger partial charge in [0.1, 0.15) is 0 Å². The lowest BCUT2D eigenvalue weighted by Gasteiger charge is -2.18. The second kappa shape index (κ2) is 6.68. The highest BCUT2D eigenvalue weighted by molar-refractivity contribution is 14.1. The molecule has 0 bridgehead atoms. The molecule has 1 aromatic heterocycles. The van der Waals surface area contributed by atoms with Gasteiger partial charge < -0.3 is 5.32 Å². The van der Waals surface area contributed by atoms with E-state index in [1.54, 1.807) is 0 Å². The lowest BCUT2D eigenvalue weighted by atomic mass is 10.1. The minimum atomic E-state index is 0.332. The third-order valence-corrected chi connectivity index (χ3v) is 4.56. The molecule has 0 radical (unpaired) electrons. The third kappa shape index (κ3) is 3.56. The summed E-state index contributed by atoms with van der Waals surface area (Å²) in [4.78, 5) is 2.78. The van der Waals surface area contributed by atoms with Crippen LogP contribution in [0.5, 0.6) is 0 Å². The van der Waals surface area contributed by atoms with E-state index < -0.39 is 0 Å². The van der Waals surface area contributed by atoms with Crippen molar-refractivity contribution < 1.29 is 0 Å². The summed E-state index contributed by atoms with van der Waals surface area (Å²) in [5.74, 6) is 0. The molecule has 2 aromatic rings. The maximum atomic E-state index is 3.65. The molecular weight excluding hydrogens is 353 g/mol. The van der Waals surface area contributed by atoms with Crippen molar-refractivity contribution >= 4 is 33.9 Å². The Morgan fingerprint density at radius 3 is 2.72 bits per heavy atom. The summed E-state index contributed by atoms with van der Waals surface area (Å²) in [7, 11) is 0. The number of aryl methyl sites for hydroxylation is 1. The minimum Gasteiger partial charge on any atom is -0.306 e. The molecule has 18 heavy (non-hydrogen) atoms. The number of thiophene rings is 1. The Morgan fingerprint density at radius 1 is 1.28 bits per heavy atom. The predicted octanol–water partition coefficient (Wildman–Crippen LogP) is 4.75. The van der Waals surface area contributed by atoms with Crippen LogP contribution in [0.4, 0.5) is 0 Å². The summed E-state index contributed by atoms with van der Waals surface area (Å²) >= 11 is 4.26. The zero-order chi connectivity index (χ0) is 13.0. The Bertz CT molecular complexity index is 507. The van der Waals surface area contributed by atoms with Crippen molar-refractivity contribution in [3.63, 3.8) is 0 Å². The van der Waals surface area contributed by atoms with Crippen LogP contribution in [0.2, 0.25) is 0 Å². The molecule has 0 spiro atoms. The van der Waals surface area contributed by atoms with Crippen LogP contribution in [0.25, 0.3) is 0 Å². The summed E-state index contributed by atoms with van der Waals surface area (Å²) < 4.78 is 1.29. The molecule has 1 aromatic carbocycles. The molecule has 0 aliphatic carbocycles. The molecule has 1 heterocycles. The zero-order valence-corrected chi connectivity index (χ0v) is 13.7. The molecular formula is C15H18INS. The topological polar surface area (TPSA) is 12.0 Å². The highest BCUT2D eigenvalue weighted by atomic mass is 127. The first-order valence-corrected chi connectivity index (χ1v) is 8.15. The molecule has 96 valence electrons. The van der Waals surface area contributed by atoms with Gasteiger partial charge in [-0.25, -0.2) is 0 Å². The van der Waals surface area contributed by atoms with Crippen LogP contribution in [0.1, 0.15) is 34.7 Å². The van der Waals surface area contributed by atoms with Gasteiger partial charge in [0.2, 0.25) is 0 Å². The average molecular weight is 371 g/mol. The molecule has 0 saturated carbocycles. The van der Waals surface area contributed by atoms with Gasteiger partial charge in [-0.05, 0) is 72.3 Å². The maximum Gasteiger partial charge on any atom is 0.0671 e. The van der Waals surface area contributed by atoms with Crippen LogP contribution in [-0.4, -0.2) is 6.54 Å². The summed E-state index contributed by atoms with van der Waals surface area (Å²) in [5, 5.41) is 3.65. The van der Waals surface area contributed by atoms with Crippen molar-refractivity contribution in [3.8, 4) is 0 Å². The summed E-state index contributed by atoms with van der Waals surface area (Å²) in [6, 6.07) is 13.5. The molecule has 0 aliphatic rings. The maximum absolute atomic E-state index is 3.65. The zero-order valence-electron chi connectivity index (χ0n) is 10.7. The van der Waals surface area contributed by atoms with Gasteiger partial charge in [-0.1, -0.05) is 19.1 Å². The van der Waals surface area contributed by atoms with E-state index in [4.69, 9.17) is 0 Å². The Balaban J connectivity index is 2.30. The largest absolute Gasteiger partial charge is 0.306 e. The van der Waals surface area contributed by atoms with E-state index in [1.165, 1.54) is 18.9 Å². The van der Waals surface area contributed by atoms with E-state index in [0.717, 1.165) is 13.0 Å². The molecule has 0 saturated heterocycles. The molecule has 1 atom stereocenters. The van der Waals surface area contributed by atoms with Crippen molar-refractivity contribution in [3.05, 3.63) is 55.3 Å². The van der Waals surface area contributed by atoms with Crippen molar-refractivity contribution in [2.75, 3.05) is 6.54 Å². The van der Waals surface area contributed by atoms with Gasteiger partial charge in [-0.15, -0.1) is 11.3 Å². The van der Waals surface area contributed by atoms with Gasteiger partial charge in [0, 0.05) is 13.3 Å². The standard InChI is InChI=1S/C15H18INS/c1-3-9-17-15(14-8-7-11(2)18-14)12-5-4-6-13(16)10-12/h4-8,10,15,17H,3,9H2,1-2H3. The van der Waals surface area contributed by atoms with Gasteiger partial charge in [0.15, 0.2) is 0 Å². The molecule has 1 nitrogen and oxygen atoms in total. The van der Waals surface area contributed by atoms with E-state index in [-0.39, 0.29) is 0 Å². The Kier molecular flexibility index (Phi) is 5.21. The SMILES string of the molecule is CCCNC(c1cccc(I)c1)c1ccc(C)s1. The van der Waals surface area contributed by atoms with Gasteiger partial charge in [-0.3, -0.25) is 0 Å². The Labute approximate surface area is 127 Å². The second-order valence-electron chi connectivity index (χ2n) is 4.39. The number of hydrogen-bond acceptors (Lipinski definition) is 2. The molecule has 1 unspecified atom stereocenters. The van der Waals surface area contributed by atoms with Gasteiger partial charge in [0.25, 0.3) is 0 Å². The Hall–Kier alpha value is -0.390. The summed E-state index contributed by atoms with van der Waals surface area (Å²) in [5.41, 5.74) is 1.36. The fourth-order valence-electron chi connectivity index (χ4n) is 1.97. The second-order valence-corrected chi connectivity index (χ2v) is 6.96. The van der Waals surface area contributed by atoms with E-state index in [2.05, 4.69) is 78.2 Å². The van der Waals surface area contributed by atoms with Crippen molar-refractivity contribution in [2.45, 2.75) is 26.3 Å². The van der Waals surface area contributed by atoms with Crippen molar-refractivity contribution in [1.29, 1.82) is 0 Å². The third-order valence-electron chi connectivity index (χ3n) is 2.83. The van der Waals surface area contributed by atoms with E-state index >= 15 is 0 Å². The number of halogens is 1. The first kappa shape index (κ1) is 14.0. The van der Waals surface area contributed by atoms with E-state index in [1.807, 2.05) is 11.3 Å². The van der Waals surface area contributed by atoms with Gasteiger partial charge in [0.05, 0.1) is 6.04 Å². The fourth-order valence-corrected chi connectivity index (χ4v) is 3.51. The Morgan fingerprint density at radius 2 is 2.11 bits per heavy atom. The highest BCUT2D eigenvalue weighted by Crippen LogP contribution is 2.29. The fraction of sp³-hybridized carbons (Fsp3) is 0.333. The number of rotatable bonds is 5. The van der Waals surface area contributed by atoms with Crippen molar-refractivity contribution in [1.82, 2.24) is 5.32 Å². The molecule has 0 fully saturated rings. The lowest BCUT2D eigenvalue weighted by Crippen LogP contribution is -2.22. The van der Waals surface area contributed by atoms with Crippen LogP contribution < -0.4 is 5.32 Å². The van der Waals surface area contributed by atoms with E-state index in [9.17, 15) is 0 Å². The monoisotopic (exact) mass is 371 g/mol. The normalized spacial score (nSPS) is 12.6. The molecule has 3 heteroatoms. The van der Waals surface area contributed by atoms with Gasteiger partial charge >= 0.3 is 0 Å². The van der Waals surface area contributed by atoms with Crippen LogP contribution in [0.15, 0.2) is 36.4 Å². The number of benzene rings is 1. The van der Waals surface area contributed by atoms with Crippen LogP contribution in [0, 0.1) is 10.5 Å². The van der Waals surface area contributed by atoms with Crippen LogP contribution in [-0.2, 0) is 0 Å². The first-order valence-electron chi connectivity index (χ1n) is 6.26. The minimum absolute atomic E-state index is 0.332. The summed E-state index contributed by atoms with van der Waals surface area (Å²) in [6.45, 7) is 5.42. The molecule has 2 rings (SSSR count). The quantitative estimate of drug-likeness (QED) is 0.748. The van der Waals surface area contributed by atoms with E-state index in [0.29, 0.717) is 6.04 Å². The van der Waals surface area contributed by atoms with Gasteiger partial charge in [-0.2, -0.15) is 0 Å². The molecule has 0 amide bonds. The smallest absolute Gasteiger partial charge is 0.0671 e. The average Bonchev–Trinajstić information content (AvgIpc) is 2.76. The first-order chi connectivity index (χ1) is 8.70. The molecule has 0 aliphatic heterocycles. The van der Waals surface area contributed by atoms with Crippen LogP contribution in [0.3, 0.4) is 0 Å². The van der Waals surface area contributed by atoms with Crippen LogP contribution >= 0.6 is 33.9 Å². The number of nitrogens with one attached hydrogen (secondary N) is 1. The number of hydrogen-bond donors (Lipinski definition) is 1. The predicted molar refractivity (Wildman–Crippen MR) is 88.4 cm³/mol. The lowest BCUT2D eigenvalue weighted by molar-refractivity contribution is 0.605.